The lowest BCUT2D eigenvalue weighted by Crippen LogP contribution is -2.51. The standard InChI is InChI=1S/C27H33N3O3/c1-2-13-28-26(31)19-30-16-14-29(15-17-30)18-23-20-32-27(33-23)24-9-5-3-7-21(24)11-12-22-8-4-6-10-25(22)27/h3-12,23H,2,13-20H2,1H3,(H,28,31). The van der Waals surface area contributed by atoms with Gasteiger partial charge < -0.3 is 14.8 Å². The minimum absolute atomic E-state index is 0.0105. The van der Waals surface area contributed by atoms with Crippen molar-refractivity contribution >= 4 is 18.1 Å². The predicted molar refractivity (Wildman–Crippen MR) is 130 cm³/mol. The number of benzene rings is 2. The second kappa shape index (κ2) is 9.77. The lowest BCUT2D eigenvalue weighted by molar-refractivity contribution is -0.145. The first kappa shape index (κ1) is 22.3. The Balaban J connectivity index is 1.25. The molecule has 1 aliphatic carbocycles. The van der Waals surface area contributed by atoms with Gasteiger partial charge in [-0.2, -0.15) is 0 Å². The zero-order valence-corrected chi connectivity index (χ0v) is 19.3. The number of hydrogen-bond acceptors (Lipinski definition) is 5. The number of nitrogens with one attached hydrogen (secondary N) is 1. The Morgan fingerprint density at radius 2 is 1.58 bits per heavy atom. The smallest absolute Gasteiger partial charge is 0.234 e. The highest BCUT2D eigenvalue weighted by atomic mass is 16.7. The third-order valence-corrected chi connectivity index (χ3v) is 6.74. The maximum Gasteiger partial charge on any atom is 0.234 e. The molecule has 33 heavy (non-hydrogen) atoms. The van der Waals surface area contributed by atoms with Gasteiger partial charge in [-0.15, -0.1) is 0 Å². The minimum atomic E-state index is -0.874. The summed E-state index contributed by atoms with van der Waals surface area (Å²) in [6.45, 7) is 8.35. The third-order valence-electron chi connectivity index (χ3n) is 6.74. The van der Waals surface area contributed by atoms with E-state index < -0.39 is 5.79 Å². The lowest BCUT2D eigenvalue weighted by atomic mass is 9.93. The van der Waals surface area contributed by atoms with Gasteiger partial charge in [0.1, 0.15) is 0 Å². The molecule has 6 nitrogen and oxygen atoms in total. The van der Waals surface area contributed by atoms with Crippen LogP contribution in [0.15, 0.2) is 48.5 Å². The maximum atomic E-state index is 12.0. The van der Waals surface area contributed by atoms with Crippen molar-refractivity contribution < 1.29 is 14.3 Å². The molecule has 1 unspecified atom stereocenters. The van der Waals surface area contributed by atoms with Crippen LogP contribution in [0, 0.1) is 0 Å². The second-order valence-corrected chi connectivity index (χ2v) is 9.10. The van der Waals surface area contributed by atoms with Crippen LogP contribution in [0.25, 0.3) is 12.2 Å². The van der Waals surface area contributed by atoms with Gasteiger partial charge in [0.25, 0.3) is 0 Å². The van der Waals surface area contributed by atoms with Crippen molar-refractivity contribution in [2.24, 2.45) is 0 Å². The molecule has 2 fully saturated rings. The number of piperazine rings is 1. The number of nitrogens with zero attached hydrogens (tertiary/aromatic N) is 2. The van der Waals surface area contributed by atoms with Crippen molar-refractivity contribution in [1.29, 1.82) is 0 Å². The summed E-state index contributed by atoms with van der Waals surface area (Å²) in [7, 11) is 0. The van der Waals surface area contributed by atoms with Gasteiger partial charge in [0.05, 0.1) is 19.3 Å². The van der Waals surface area contributed by atoms with Crippen molar-refractivity contribution in [1.82, 2.24) is 15.1 Å². The fraction of sp³-hybridized carbons (Fsp3) is 0.444. The SMILES string of the molecule is CCCNC(=O)CN1CCN(CC2COC3(O2)c2ccccc2C=Cc2ccccc23)CC1. The van der Waals surface area contributed by atoms with Crippen molar-refractivity contribution in [3.8, 4) is 0 Å². The number of amides is 1. The first-order chi connectivity index (χ1) is 16.2. The summed E-state index contributed by atoms with van der Waals surface area (Å²) in [6, 6.07) is 16.7. The topological polar surface area (TPSA) is 54.0 Å². The number of carbonyl (C=O) groups is 1. The molecular weight excluding hydrogens is 414 g/mol. The summed E-state index contributed by atoms with van der Waals surface area (Å²) >= 11 is 0. The van der Waals surface area contributed by atoms with Gasteiger partial charge in [-0.3, -0.25) is 14.6 Å². The average molecular weight is 448 g/mol. The van der Waals surface area contributed by atoms with E-state index >= 15 is 0 Å². The first-order valence-electron chi connectivity index (χ1n) is 12.1. The van der Waals surface area contributed by atoms with E-state index in [0.29, 0.717) is 13.2 Å². The van der Waals surface area contributed by atoms with Gasteiger partial charge in [0.2, 0.25) is 11.7 Å². The molecule has 174 valence electrons. The van der Waals surface area contributed by atoms with Crippen LogP contribution in [-0.2, 0) is 20.1 Å². The monoisotopic (exact) mass is 447 g/mol. The molecule has 2 aliphatic heterocycles. The zero-order chi connectivity index (χ0) is 22.7. The third kappa shape index (κ3) is 4.62. The second-order valence-electron chi connectivity index (χ2n) is 9.10. The van der Waals surface area contributed by atoms with Gasteiger partial charge >= 0.3 is 0 Å². The zero-order valence-electron chi connectivity index (χ0n) is 19.3. The van der Waals surface area contributed by atoms with Gasteiger partial charge in [0.15, 0.2) is 0 Å². The van der Waals surface area contributed by atoms with Crippen LogP contribution in [0.1, 0.15) is 35.6 Å². The van der Waals surface area contributed by atoms with Gasteiger partial charge in [0, 0.05) is 50.4 Å². The fourth-order valence-electron chi connectivity index (χ4n) is 5.04. The molecule has 3 aliphatic rings. The van der Waals surface area contributed by atoms with Crippen LogP contribution in [0.2, 0.25) is 0 Å². The molecule has 0 bridgehead atoms. The van der Waals surface area contributed by atoms with Crippen LogP contribution in [0.5, 0.6) is 0 Å². The Labute approximate surface area is 196 Å². The van der Waals surface area contributed by atoms with Crippen molar-refractivity contribution in [2.45, 2.75) is 25.2 Å². The Hall–Kier alpha value is -2.51. The summed E-state index contributed by atoms with van der Waals surface area (Å²) in [6.07, 6.45) is 5.26. The van der Waals surface area contributed by atoms with Gasteiger partial charge in [-0.1, -0.05) is 67.6 Å². The molecule has 2 aromatic carbocycles. The molecule has 2 aromatic rings. The number of ether oxygens (including phenoxy) is 2. The summed E-state index contributed by atoms with van der Waals surface area (Å²) in [4.78, 5) is 16.7. The number of hydrogen-bond donors (Lipinski definition) is 1. The molecular formula is C27H33N3O3. The molecule has 5 rings (SSSR count). The van der Waals surface area contributed by atoms with Gasteiger partial charge in [-0.05, 0) is 17.5 Å². The van der Waals surface area contributed by atoms with E-state index in [1.807, 2.05) is 0 Å². The predicted octanol–water partition coefficient (Wildman–Crippen LogP) is 2.93. The van der Waals surface area contributed by atoms with E-state index in [2.05, 4.69) is 82.7 Å². The van der Waals surface area contributed by atoms with Crippen LogP contribution in [0.4, 0.5) is 0 Å². The van der Waals surface area contributed by atoms with Crippen LogP contribution in [-0.4, -0.2) is 74.2 Å². The minimum Gasteiger partial charge on any atom is -0.355 e. The first-order valence-corrected chi connectivity index (χ1v) is 12.1. The molecule has 1 spiro atoms. The van der Waals surface area contributed by atoms with Gasteiger partial charge in [-0.25, -0.2) is 0 Å². The summed E-state index contributed by atoms with van der Waals surface area (Å²) in [5.74, 6) is -0.750. The van der Waals surface area contributed by atoms with Crippen molar-refractivity contribution in [3.05, 3.63) is 70.8 Å². The lowest BCUT2D eigenvalue weighted by Gasteiger charge is -2.36. The fourth-order valence-corrected chi connectivity index (χ4v) is 5.04. The molecule has 6 heteroatoms. The van der Waals surface area contributed by atoms with Crippen LogP contribution >= 0.6 is 0 Å². The van der Waals surface area contributed by atoms with Crippen molar-refractivity contribution in [3.63, 3.8) is 0 Å². The van der Waals surface area contributed by atoms with Crippen molar-refractivity contribution in [2.75, 3.05) is 52.4 Å². The number of carbonyl (C=O) groups excluding carboxylic acids is 1. The largest absolute Gasteiger partial charge is 0.355 e. The number of fused-ring (bicyclic) bond motifs is 4. The van der Waals surface area contributed by atoms with Crippen LogP contribution < -0.4 is 5.32 Å². The summed E-state index contributed by atoms with van der Waals surface area (Å²) < 4.78 is 13.3. The molecule has 0 radical (unpaired) electrons. The Morgan fingerprint density at radius 3 is 2.21 bits per heavy atom. The Bertz CT molecular complexity index is 964. The Morgan fingerprint density at radius 1 is 0.970 bits per heavy atom. The molecule has 0 saturated carbocycles. The van der Waals surface area contributed by atoms with E-state index in [-0.39, 0.29) is 12.0 Å². The van der Waals surface area contributed by atoms with E-state index in [1.54, 1.807) is 0 Å². The normalized spacial score (nSPS) is 22.0. The number of rotatable bonds is 6. The van der Waals surface area contributed by atoms with E-state index in [1.165, 1.54) is 0 Å². The van der Waals surface area contributed by atoms with Crippen LogP contribution in [0.3, 0.4) is 0 Å². The van der Waals surface area contributed by atoms with E-state index in [4.69, 9.17) is 9.47 Å². The Kier molecular flexibility index (Phi) is 6.60. The van der Waals surface area contributed by atoms with E-state index in [9.17, 15) is 4.79 Å². The molecule has 2 heterocycles. The average Bonchev–Trinajstić information content (AvgIpc) is 3.21. The molecule has 1 N–H and O–H groups in total. The molecule has 1 atom stereocenters. The maximum absolute atomic E-state index is 12.0. The quantitative estimate of drug-likeness (QED) is 0.738. The summed E-state index contributed by atoms with van der Waals surface area (Å²) in [5, 5.41) is 2.97. The highest BCUT2D eigenvalue weighted by molar-refractivity contribution is 5.78. The van der Waals surface area contributed by atoms with E-state index in [0.717, 1.165) is 67.9 Å². The molecule has 2 saturated heterocycles. The highest BCUT2D eigenvalue weighted by Crippen LogP contribution is 2.45. The highest BCUT2D eigenvalue weighted by Gasteiger charge is 2.47. The molecule has 0 aromatic heterocycles. The molecule has 1 amide bonds. The summed E-state index contributed by atoms with van der Waals surface area (Å²) in [5.41, 5.74) is 4.39.